The van der Waals surface area contributed by atoms with Gasteiger partial charge in [-0.25, -0.2) is 9.97 Å². The molecule has 22 heavy (non-hydrogen) atoms. The van der Waals surface area contributed by atoms with Gasteiger partial charge in [0.25, 0.3) is 0 Å². The molecule has 0 saturated carbocycles. The van der Waals surface area contributed by atoms with Crippen LogP contribution in [0.3, 0.4) is 0 Å². The number of Topliss-reactive ketones (excluding diaryl/α,β-unsaturated/α-hetero) is 1. The smallest absolute Gasteiger partial charge is 0.388 e. The highest BCUT2D eigenvalue weighted by Gasteiger charge is 2.41. The van der Waals surface area contributed by atoms with Gasteiger partial charge in [0.1, 0.15) is 24.0 Å². The molecular weight excluding hydrogens is 307 g/mol. The first-order chi connectivity index (χ1) is 10.2. The van der Waals surface area contributed by atoms with Crippen molar-refractivity contribution in [1.82, 2.24) is 9.97 Å². The third-order valence-corrected chi connectivity index (χ3v) is 3.19. The second-order valence-corrected chi connectivity index (χ2v) is 4.86. The first-order valence-electron chi connectivity index (χ1n) is 6.35. The number of carbonyl (C=O) groups is 1. The van der Waals surface area contributed by atoms with E-state index in [9.17, 15) is 28.2 Å². The van der Waals surface area contributed by atoms with Crippen LogP contribution in [0.4, 0.5) is 19.1 Å². The van der Waals surface area contributed by atoms with Crippen LogP contribution in [0.1, 0.15) is 12.6 Å². The highest BCUT2D eigenvalue weighted by atomic mass is 19.4. The number of aliphatic hydroxyl groups excluding tert-OH is 2. The van der Waals surface area contributed by atoms with Gasteiger partial charge in [0.05, 0.1) is 12.6 Å². The standard InChI is InChI=1S/C12H14F3N3O4/c1-5(19)10-9(21)8(20)6(4-22-10)17-11-16-3-2-7(18-11)12(13,14)15/h2-3,6,8-10,20-21H,4H2,1H3,(H,16,17,18)/t6-,8+,9+,10?/m0/s1. The van der Waals surface area contributed by atoms with Gasteiger partial charge in [-0.3, -0.25) is 4.79 Å². The van der Waals surface area contributed by atoms with Gasteiger partial charge < -0.3 is 20.3 Å². The molecule has 4 atom stereocenters. The number of anilines is 1. The Morgan fingerprint density at radius 2 is 2.09 bits per heavy atom. The van der Waals surface area contributed by atoms with Crippen molar-refractivity contribution in [2.24, 2.45) is 0 Å². The van der Waals surface area contributed by atoms with Crippen molar-refractivity contribution in [3.8, 4) is 0 Å². The summed E-state index contributed by atoms with van der Waals surface area (Å²) in [6, 6.07) is -0.242. The van der Waals surface area contributed by atoms with Crippen molar-refractivity contribution in [2.45, 2.75) is 37.5 Å². The second kappa shape index (κ2) is 6.15. The van der Waals surface area contributed by atoms with E-state index in [0.29, 0.717) is 6.07 Å². The van der Waals surface area contributed by atoms with E-state index in [1.54, 1.807) is 0 Å². The lowest BCUT2D eigenvalue weighted by Crippen LogP contribution is -2.57. The average Bonchev–Trinajstić information content (AvgIpc) is 2.43. The molecule has 0 aromatic carbocycles. The van der Waals surface area contributed by atoms with Gasteiger partial charge in [-0.2, -0.15) is 13.2 Å². The summed E-state index contributed by atoms with van der Waals surface area (Å²) in [7, 11) is 0. The van der Waals surface area contributed by atoms with E-state index in [-0.39, 0.29) is 12.6 Å². The van der Waals surface area contributed by atoms with Crippen LogP contribution in [0.15, 0.2) is 12.3 Å². The Hall–Kier alpha value is -1.78. The minimum absolute atomic E-state index is 0.192. The Labute approximate surface area is 123 Å². The summed E-state index contributed by atoms with van der Waals surface area (Å²) in [6.45, 7) is 1.01. The number of ether oxygens (including phenoxy) is 1. The van der Waals surface area contributed by atoms with Crippen LogP contribution in [0, 0.1) is 0 Å². The molecule has 0 aliphatic carbocycles. The Bertz CT molecular complexity index is 555. The third kappa shape index (κ3) is 3.51. The molecule has 2 heterocycles. The normalized spacial score (nSPS) is 29.2. The molecule has 1 aliphatic heterocycles. The molecule has 3 N–H and O–H groups in total. The van der Waals surface area contributed by atoms with Crippen molar-refractivity contribution >= 4 is 11.7 Å². The minimum Gasteiger partial charge on any atom is -0.388 e. The summed E-state index contributed by atoms with van der Waals surface area (Å²) >= 11 is 0. The fraction of sp³-hybridized carbons (Fsp3) is 0.583. The zero-order valence-corrected chi connectivity index (χ0v) is 11.4. The first-order valence-corrected chi connectivity index (χ1v) is 6.35. The molecule has 2 rings (SSSR count). The Balaban J connectivity index is 2.10. The lowest BCUT2D eigenvalue weighted by molar-refractivity contribution is -0.161. The SMILES string of the molecule is CC(=O)C1OC[C@H](Nc2nccc(C(F)(F)F)n2)[C@@H](O)[C@H]1O. The largest absolute Gasteiger partial charge is 0.433 e. The van der Waals surface area contributed by atoms with E-state index in [1.165, 1.54) is 6.92 Å². The first kappa shape index (κ1) is 16.6. The fourth-order valence-corrected chi connectivity index (χ4v) is 2.06. The Kier molecular flexibility index (Phi) is 4.63. The van der Waals surface area contributed by atoms with Gasteiger partial charge in [-0.15, -0.1) is 0 Å². The van der Waals surface area contributed by atoms with Crippen LogP contribution in [0.25, 0.3) is 0 Å². The van der Waals surface area contributed by atoms with Crippen molar-refractivity contribution < 1.29 is 32.9 Å². The molecule has 1 aromatic rings. The molecule has 1 fully saturated rings. The predicted octanol–water partition coefficient (Wildman–Crippen LogP) is -0.0145. The maximum absolute atomic E-state index is 12.6. The molecule has 1 saturated heterocycles. The van der Waals surface area contributed by atoms with E-state index < -0.39 is 42.0 Å². The molecule has 1 unspecified atom stereocenters. The summed E-state index contributed by atoms with van der Waals surface area (Å²) < 4.78 is 42.8. The molecule has 0 bridgehead atoms. The molecule has 1 aromatic heterocycles. The maximum Gasteiger partial charge on any atom is 0.433 e. The van der Waals surface area contributed by atoms with E-state index in [4.69, 9.17) is 4.74 Å². The summed E-state index contributed by atoms with van der Waals surface area (Å²) in [5, 5.41) is 22.2. The molecule has 0 radical (unpaired) electrons. The van der Waals surface area contributed by atoms with Crippen LogP contribution < -0.4 is 5.32 Å². The summed E-state index contributed by atoms with van der Waals surface area (Å²) in [5.74, 6) is -0.823. The second-order valence-electron chi connectivity index (χ2n) is 4.86. The van der Waals surface area contributed by atoms with Crippen molar-refractivity contribution in [1.29, 1.82) is 0 Å². The maximum atomic E-state index is 12.6. The average molecular weight is 321 g/mol. The van der Waals surface area contributed by atoms with E-state index in [2.05, 4.69) is 15.3 Å². The number of hydrogen-bond acceptors (Lipinski definition) is 7. The number of aromatic nitrogens is 2. The minimum atomic E-state index is -4.62. The Morgan fingerprint density at radius 1 is 1.41 bits per heavy atom. The number of nitrogens with one attached hydrogen (secondary N) is 1. The molecule has 7 nitrogen and oxygen atoms in total. The van der Waals surface area contributed by atoms with Crippen molar-refractivity contribution in [3.63, 3.8) is 0 Å². The van der Waals surface area contributed by atoms with Gasteiger partial charge in [0.15, 0.2) is 5.78 Å². The van der Waals surface area contributed by atoms with E-state index in [0.717, 1.165) is 6.20 Å². The molecule has 10 heteroatoms. The molecule has 0 spiro atoms. The van der Waals surface area contributed by atoms with Crippen LogP contribution >= 0.6 is 0 Å². The highest BCUT2D eigenvalue weighted by Crippen LogP contribution is 2.28. The topological polar surface area (TPSA) is 105 Å². The number of carbonyl (C=O) groups excluding carboxylic acids is 1. The van der Waals surface area contributed by atoms with Crippen molar-refractivity contribution in [3.05, 3.63) is 18.0 Å². The van der Waals surface area contributed by atoms with Gasteiger partial charge in [-0.05, 0) is 13.0 Å². The van der Waals surface area contributed by atoms with E-state index in [1.807, 2.05) is 0 Å². The van der Waals surface area contributed by atoms with Crippen LogP contribution in [0.5, 0.6) is 0 Å². The van der Waals surface area contributed by atoms with Crippen molar-refractivity contribution in [2.75, 3.05) is 11.9 Å². The van der Waals surface area contributed by atoms with Crippen LogP contribution in [0.2, 0.25) is 0 Å². The number of alkyl halides is 3. The lowest BCUT2D eigenvalue weighted by Gasteiger charge is -2.36. The number of rotatable bonds is 3. The van der Waals surface area contributed by atoms with Gasteiger partial charge in [-0.1, -0.05) is 0 Å². The van der Waals surface area contributed by atoms with Crippen LogP contribution in [-0.2, 0) is 15.7 Å². The molecular formula is C12H14F3N3O4. The third-order valence-electron chi connectivity index (χ3n) is 3.19. The number of halogens is 3. The zero-order valence-electron chi connectivity index (χ0n) is 11.4. The van der Waals surface area contributed by atoms with E-state index >= 15 is 0 Å². The molecule has 0 amide bonds. The number of ketones is 1. The summed E-state index contributed by atoms with van der Waals surface area (Å²) in [5.41, 5.74) is -1.14. The summed E-state index contributed by atoms with van der Waals surface area (Å²) in [4.78, 5) is 18.1. The predicted molar refractivity (Wildman–Crippen MR) is 66.9 cm³/mol. The summed E-state index contributed by atoms with van der Waals surface area (Å²) in [6.07, 6.45) is -7.78. The number of nitrogens with zero attached hydrogens (tertiary/aromatic N) is 2. The molecule has 122 valence electrons. The highest BCUT2D eigenvalue weighted by molar-refractivity contribution is 5.81. The van der Waals surface area contributed by atoms with Gasteiger partial charge in [0.2, 0.25) is 5.95 Å². The zero-order chi connectivity index (χ0) is 16.5. The number of aliphatic hydroxyl groups is 2. The quantitative estimate of drug-likeness (QED) is 0.719. The number of hydrogen-bond donors (Lipinski definition) is 3. The fourth-order valence-electron chi connectivity index (χ4n) is 2.06. The van der Waals surface area contributed by atoms with Crippen LogP contribution in [-0.4, -0.2) is 56.9 Å². The molecule has 1 aliphatic rings. The van der Waals surface area contributed by atoms with Gasteiger partial charge in [0, 0.05) is 6.20 Å². The lowest BCUT2D eigenvalue weighted by atomic mass is 9.96. The monoisotopic (exact) mass is 321 g/mol. The van der Waals surface area contributed by atoms with Gasteiger partial charge >= 0.3 is 6.18 Å². The Morgan fingerprint density at radius 3 is 2.68 bits per heavy atom.